The smallest absolute Gasteiger partial charge is 0.338 e. The molecule has 3 rings (SSSR count). The molecular formula is C19H17N3O4S. The Morgan fingerprint density at radius 2 is 2.07 bits per heavy atom. The van der Waals surface area contributed by atoms with Crippen molar-refractivity contribution in [2.75, 3.05) is 17.2 Å². The summed E-state index contributed by atoms with van der Waals surface area (Å²) in [4.78, 5) is 36.4. The predicted octanol–water partition coefficient (Wildman–Crippen LogP) is 2.86. The number of fused-ring (bicyclic) bond motifs is 1. The van der Waals surface area contributed by atoms with E-state index in [2.05, 4.69) is 16.7 Å². The lowest BCUT2D eigenvalue weighted by atomic mass is 10.1. The number of carbonyl (C=O) groups is 3. The molecule has 0 spiro atoms. The number of nitriles is 1. The third-order valence-electron chi connectivity index (χ3n) is 4.04. The van der Waals surface area contributed by atoms with Crippen LogP contribution in [0.5, 0.6) is 0 Å². The van der Waals surface area contributed by atoms with Gasteiger partial charge in [-0.2, -0.15) is 5.26 Å². The molecule has 7 nitrogen and oxygen atoms in total. The largest absolute Gasteiger partial charge is 0.452 e. The molecule has 138 valence electrons. The summed E-state index contributed by atoms with van der Waals surface area (Å²) in [5.41, 5.74) is 2.22. The van der Waals surface area contributed by atoms with Crippen molar-refractivity contribution in [1.29, 1.82) is 5.26 Å². The van der Waals surface area contributed by atoms with E-state index in [4.69, 9.17) is 4.74 Å². The molecule has 1 aromatic heterocycles. The second kappa shape index (κ2) is 8.01. The normalized spacial score (nSPS) is 12.0. The van der Waals surface area contributed by atoms with Crippen LogP contribution in [0.2, 0.25) is 0 Å². The van der Waals surface area contributed by atoms with E-state index in [0.717, 1.165) is 29.7 Å². The van der Waals surface area contributed by atoms with E-state index in [1.165, 1.54) is 30.4 Å². The van der Waals surface area contributed by atoms with Gasteiger partial charge in [0.25, 0.3) is 5.91 Å². The fourth-order valence-electron chi connectivity index (χ4n) is 2.91. The van der Waals surface area contributed by atoms with Gasteiger partial charge in [0.1, 0.15) is 11.1 Å². The minimum absolute atomic E-state index is 0.224. The van der Waals surface area contributed by atoms with Gasteiger partial charge in [0.15, 0.2) is 6.61 Å². The Morgan fingerprint density at radius 3 is 2.81 bits per heavy atom. The molecule has 1 aliphatic carbocycles. The molecule has 0 aliphatic heterocycles. The molecule has 1 heterocycles. The zero-order chi connectivity index (χ0) is 19.4. The summed E-state index contributed by atoms with van der Waals surface area (Å²) < 4.78 is 5.03. The van der Waals surface area contributed by atoms with Crippen molar-refractivity contribution in [2.24, 2.45) is 0 Å². The second-order valence-corrected chi connectivity index (χ2v) is 7.16. The zero-order valence-corrected chi connectivity index (χ0v) is 15.4. The van der Waals surface area contributed by atoms with Gasteiger partial charge < -0.3 is 15.4 Å². The molecule has 2 aromatic rings. The highest BCUT2D eigenvalue weighted by atomic mass is 32.1. The number of amides is 2. The Morgan fingerprint density at radius 1 is 1.26 bits per heavy atom. The van der Waals surface area contributed by atoms with Gasteiger partial charge in [-0.25, -0.2) is 4.79 Å². The van der Waals surface area contributed by atoms with Gasteiger partial charge in [-0.15, -0.1) is 11.3 Å². The van der Waals surface area contributed by atoms with E-state index < -0.39 is 18.5 Å². The van der Waals surface area contributed by atoms with Gasteiger partial charge in [0, 0.05) is 17.5 Å². The van der Waals surface area contributed by atoms with Gasteiger partial charge in [-0.3, -0.25) is 9.59 Å². The third-order valence-corrected chi connectivity index (χ3v) is 5.25. The Kier molecular flexibility index (Phi) is 5.52. The molecule has 0 saturated carbocycles. The number of hydrogen-bond acceptors (Lipinski definition) is 6. The molecule has 0 saturated heterocycles. The summed E-state index contributed by atoms with van der Waals surface area (Å²) in [6, 6.07) is 8.40. The Balaban J connectivity index is 1.59. The highest BCUT2D eigenvalue weighted by molar-refractivity contribution is 7.16. The van der Waals surface area contributed by atoms with Crippen LogP contribution in [0.15, 0.2) is 24.3 Å². The van der Waals surface area contributed by atoms with Crippen molar-refractivity contribution in [1.82, 2.24) is 0 Å². The number of anilines is 2. The van der Waals surface area contributed by atoms with Crippen LogP contribution in [0.25, 0.3) is 0 Å². The number of nitrogens with zero attached hydrogens (tertiary/aromatic N) is 1. The maximum atomic E-state index is 12.1. The lowest BCUT2D eigenvalue weighted by molar-refractivity contribution is -0.119. The Labute approximate surface area is 159 Å². The van der Waals surface area contributed by atoms with Crippen molar-refractivity contribution in [2.45, 2.75) is 26.2 Å². The molecule has 0 atom stereocenters. The predicted molar refractivity (Wildman–Crippen MR) is 101 cm³/mol. The van der Waals surface area contributed by atoms with Crippen molar-refractivity contribution in [3.05, 3.63) is 45.8 Å². The molecule has 0 unspecified atom stereocenters. The van der Waals surface area contributed by atoms with E-state index >= 15 is 0 Å². The molecule has 27 heavy (non-hydrogen) atoms. The lowest BCUT2D eigenvalue weighted by Gasteiger charge is -2.07. The highest BCUT2D eigenvalue weighted by Gasteiger charge is 2.23. The van der Waals surface area contributed by atoms with Crippen LogP contribution in [0.3, 0.4) is 0 Å². The van der Waals surface area contributed by atoms with E-state index in [9.17, 15) is 19.6 Å². The number of esters is 1. The number of rotatable bonds is 5. The quantitative estimate of drug-likeness (QED) is 0.772. The summed E-state index contributed by atoms with van der Waals surface area (Å²) in [5, 5.41) is 15.1. The molecule has 0 fully saturated rings. The first-order valence-corrected chi connectivity index (χ1v) is 9.19. The first-order valence-electron chi connectivity index (χ1n) is 8.37. The number of carbonyl (C=O) groups excluding carboxylic acids is 3. The first-order chi connectivity index (χ1) is 13.0. The van der Waals surface area contributed by atoms with Crippen molar-refractivity contribution in [3.8, 4) is 6.07 Å². The van der Waals surface area contributed by atoms with Crippen molar-refractivity contribution in [3.63, 3.8) is 0 Å². The third kappa shape index (κ3) is 4.33. The number of aryl methyl sites for hydroxylation is 1. The van der Waals surface area contributed by atoms with Gasteiger partial charge in [-0.05, 0) is 43.0 Å². The fourth-order valence-corrected chi connectivity index (χ4v) is 4.17. The molecule has 8 heteroatoms. The maximum Gasteiger partial charge on any atom is 0.338 e. The number of nitrogens with one attached hydrogen (secondary N) is 2. The standard InChI is InChI=1S/C19H17N3O4S/c1-11(23)21-13-5-2-4-12(8-13)19(25)26-10-17(24)22-18-15(9-20)14-6-3-7-16(14)27-18/h2,4-5,8H,3,6-7,10H2,1H3,(H,21,23)(H,22,24). The molecule has 2 N–H and O–H groups in total. The van der Waals surface area contributed by atoms with Gasteiger partial charge >= 0.3 is 5.97 Å². The molecule has 0 radical (unpaired) electrons. The van der Waals surface area contributed by atoms with Crippen LogP contribution in [0, 0.1) is 11.3 Å². The van der Waals surface area contributed by atoms with Crippen LogP contribution < -0.4 is 10.6 Å². The second-order valence-electron chi connectivity index (χ2n) is 6.06. The zero-order valence-electron chi connectivity index (χ0n) is 14.6. The highest BCUT2D eigenvalue weighted by Crippen LogP contribution is 2.38. The molecular weight excluding hydrogens is 366 g/mol. The van der Waals surface area contributed by atoms with Crippen LogP contribution >= 0.6 is 11.3 Å². The summed E-state index contributed by atoms with van der Waals surface area (Å²) >= 11 is 1.40. The molecule has 1 aliphatic rings. The van der Waals surface area contributed by atoms with Gasteiger partial charge in [0.2, 0.25) is 5.91 Å². The lowest BCUT2D eigenvalue weighted by Crippen LogP contribution is -2.21. The molecule has 2 amide bonds. The number of ether oxygens (including phenoxy) is 1. The maximum absolute atomic E-state index is 12.1. The summed E-state index contributed by atoms with van der Waals surface area (Å²) in [7, 11) is 0. The monoisotopic (exact) mass is 383 g/mol. The average Bonchev–Trinajstić information content (AvgIpc) is 3.19. The summed E-state index contributed by atoms with van der Waals surface area (Å²) in [5.74, 6) is -1.43. The summed E-state index contributed by atoms with van der Waals surface area (Å²) in [6.45, 7) is 0.905. The van der Waals surface area contributed by atoms with E-state index in [0.29, 0.717) is 16.3 Å². The van der Waals surface area contributed by atoms with Crippen LogP contribution in [0.1, 0.15) is 39.7 Å². The minimum Gasteiger partial charge on any atom is -0.452 e. The van der Waals surface area contributed by atoms with Crippen LogP contribution in [-0.2, 0) is 27.2 Å². The van der Waals surface area contributed by atoms with Crippen LogP contribution in [0.4, 0.5) is 10.7 Å². The number of hydrogen-bond donors (Lipinski definition) is 2. The van der Waals surface area contributed by atoms with Gasteiger partial charge in [0.05, 0.1) is 11.1 Å². The average molecular weight is 383 g/mol. The first kappa shape index (κ1) is 18.6. The molecule has 1 aromatic carbocycles. The summed E-state index contributed by atoms with van der Waals surface area (Å²) in [6.07, 6.45) is 2.80. The number of thiophene rings is 1. The molecule has 0 bridgehead atoms. The fraction of sp³-hybridized carbons (Fsp3) is 0.263. The number of benzene rings is 1. The van der Waals surface area contributed by atoms with E-state index in [1.807, 2.05) is 0 Å². The Hall–Kier alpha value is -3.18. The van der Waals surface area contributed by atoms with Crippen molar-refractivity contribution >= 4 is 39.8 Å². The van der Waals surface area contributed by atoms with E-state index in [1.54, 1.807) is 12.1 Å². The van der Waals surface area contributed by atoms with Gasteiger partial charge in [-0.1, -0.05) is 6.07 Å². The van der Waals surface area contributed by atoms with E-state index in [-0.39, 0.29) is 11.5 Å². The Bertz CT molecular complexity index is 958. The minimum atomic E-state index is -0.675. The topological polar surface area (TPSA) is 108 Å². The van der Waals surface area contributed by atoms with Crippen LogP contribution in [-0.4, -0.2) is 24.4 Å². The SMILES string of the molecule is CC(=O)Nc1cccc(C(=O)OCC(=O)Nc2sc3c(c2C#N)CCC3)c1. The van der Waals surface area contributed by atoms with Crippen molar-refractivity contribution < 1.29 is 19.1 Å².